The summed E-state index contributed by atoms with van der Waals surface area (Å²) in [6, 6.07) is 5.90. The summed E-state index contributed by atoms with van der Waals surface area (Å²) >= 11 is 5.73. The Morgan fingerprint density at radius 2 is 2.12 bits per heavy atom. The number of anilines is 1. The average molecular weight is 274 g/mol. The van der Waals surface area contributed by atoms with Gasteiger partial charge in [0.2, 0.25) is 5.82 Å². The van der Waals surface area contributed by atoms with Crippen molar-refractivity contribution in [2.24, 2.45) is 0 Å². The van der Waals surface area contributed by atoms with Gasteiger partial charge < -0.3 is 0 Å². The highest BCUT2D eigenvalue weighted by molar-refractivity contribution is 7.92. The van der Waals surface area contributed by atoms with Crippen molar-refractivity contribution in [1.29, 1.82) is 0 Å². The van der Waals surface area contributed by atoms with Gasteiger partial charge in [-0.05, 0) is 30.3 Å². The summed E-state index contributed by atoms with van der Waals surface area (Å²) in [5.74, 6) is 0.0602. The zero-order chi connectivity index (χ0) is 12.5. The molecule has 2 rings (SSSR count). The third-order valence-electron chi connectivity index (χ3n) is 1.99. The molecule has 8 heteroatoms. The highest BCUT2D eigenvalue weighted by Crippen LogP contribution is 2.19. The van der Waals surface area contributed by atoms with E-state index < -0.39 is 10.0 Å². The Bertz CT molecular complexity index is 638. The van der Waals surface area contributed by atoms with Gasteiger partial charge in [0.25, 0.3) is 10.0 Å². The third-order valence-corrected chi connectivity index (χ3v) is 3.56. The first-order valence-electron chi connectivity index (χ1n) is 4.56. The quantitative estimate of drug-likeness (QED) is 0.922. The van der Waals surface area contributed by atoms with E-state index in [4.69, 9.17) is 11.6 Å². The first kappa shape index (κ1) is 11.9. The predicted molar refractivity (Wildman–Crippen MR) is 61.3 cm³/mol. The number of halogens is 1. The molecule has 0 unspecified atom stereocenters. The molecule has 0 fully saturated rings. The van der Waals surface area contributed by atoms with Crippen LogP contribution < -0.4 is 4.72 Å². The summed E-state index contributed by atoms with van der Waals surface area (Å²) in [7, 11) is -3.73. The Labute approximate surface area is 103 Å². The Hall–Kier alpha value is -1.60. The lowest BCUT2D eigenvalue weighted by Gasteiger charge is -2.05. The van der Waals surface area contributed by atoms with Gasteiger partial charge in [0.1, 0.15) is 5.69 Å². The molecule has 0 aliphatic rings. The average Bonchev–Trinajstić information content (AvgIpc) is 2.64. The number of nitrogens with one attached hydrogen (secondary N) is 1. The Morgan fingerprint density at radius 1 is 1.35 bits per heavy atom. The van der Waals surface area contributed by atoms with Gasteiger partial charge in [0.05, 0.1) is 4.90 Å². The monoisotopic (exact) mass is 273 g/mol. The van der Waals surface area contributed by atoms with Crippen LogP contribution in [0.2, 0.25) is 5.02 Å². The highest BCUT2D eigenvalue weighted by atomic mass is 35.5. The van der Waals surface area contributed by atoms with Gasteiger partial charge in [-0.15, -0.1) is 0 Å². The molecule has 1 heterocycles. The number of sulfonamides is 1. The molecule has 1 aromatic heterocycles. The Morgan fingerprint density at radius 3 is 2.71 bits per heavy atom. The predicted octanol–water partition coefficient (Wildman–Crippen LogP) is 1.83. The van der Waals surface area contributed by atoms with Gasteiger partial charge in [-0.1, -0.05) is 22.8 Å². The Balaban J connectivity index is 2.35. The fourth-order valence-corrected chi connectivity index (χ4v) is 2.50. The first-order valence-corrected chi connectivity index (χ1v) is 6.43. The minimum absolute atomic E-state index is 0.0485. The highest BCUT2D eigenvalue weighted by Gasteiger charge is 2.18. The van der Waals surface area contributed by atoms with Crippen molar-refractivity contribution in [2.75, 3.05) is 4.72 Å². The Kier molecular flexibility index (Phi) is 3.03. The number of hydrogen-bond acceptors (Lipinski definition) is 5. The number of aromatic nitrogens is 2. The molecule has 1 aromatic carbocycles. The molecule has 0 saturated heterocycles. The van der Waals surface area contributed by atoms with Crippen molar-refractivity contribution in [3.05, 3.63) is 35.0 Å². The van der Waals surface area contributed by atoms with E-state index in [0.29, 0.717) is 10.7 Å². The van der Waals surface area contributed by atoms with Gasteiger partial charge >= 0.3 is 0 Å². The number of nitrogens with zero attached hydrogens (tertiary/aromatic N) is 2. The second-order valence-corrected chi connectivity index (χ2v) is 5.38. The molecule has 17 heavy (non-hydrogen) atoms. The van der Waals surface area contributed by atoms with Crippen LogP contribution in [0.1, 0.15) is 5.69 Å². The summed E-state index contributed by atoms with van der Waals surface area (Å²) in [6.45, 7) is 1.58. The van der Waals surface area contributed by atoms with Crippen LogP contribution in [0.3, 0.4) is 0 Å². The maximum absolute atomic E-state index is 11.9. The van der Waals surface area contributed by atoms with Crippen LogP contribution in [0, 0.1) is 6.92 Å². The zero-order valence-corrected chi connectivity index (χ0v) is 10.3. The number of aryl methyl sites for hydroxylation is 1. The molecule has 0 radical (unpaired) electrons. The number of hydrogen-bond donors (Lipinski definition) is 1. The van der Waals surface area contributed by atoms with E-state index in [1.807, 2.05) is 0 Å². The van der Waals surface area contributed by atoms with E-state index in [2.05, 4.69) is 19.7 Å². The van der Waals surface area contributed by atoms with Crippen molar-refractivity contribution >= 4 is 27.4 Å². The fraction of sp³-hybridized carbons (Fsp3) is 0.111. The summed E-state index contributed by atoms with van der Waals surface area (Å²) < 4.78 is 30.5. The van der Waals surface area contributed by atoms with Crippen molar-refractivity contribution in [2.45, 2.75) is 11.8 Å². The first-order chi connectivity index (χ1) is 7.99. The van der Waals surface area contributed by atoms with Gasteiger partial charge in [-0.3, -0.25) is 4.72 Å². The van der Waals surface area contributed by atoms with Crippen molar-refractivity contribution in [1.82, 2.24) is 10.3 Å². The minimum atomic E-state index is -3.73. The van der Waals surface area contributed by atoms with Gasteiger partial charge in [-0.25, -0.2) is 13.0 Å². The van der Waals surface area contributed by atoms with E-state index in [1.54, 1.807) is 19.1 Å². The van der Waals surface area contributed by atoms with Crippen LogP contribution in [0.15, 0.2) is 33.8 Å². The van der Waals surface area contributed by atoms with Crippen molar-refractivity contribution in [3.8, 4) is 0 Å². The molecule has 0 aliphatic carbocycles. The fourth-order valence-electron chi connectivity index (χ4n) is 1.14. The van der Waals surface area contributed by atoms with Crippen LogP contribution in [-0.2, 0) is 10.0 Å². The summed E-state index contributed by atoms with van der Waals surface area (Å²) in [6.07, 6.45) is 0. The molecule has 6 nitrogen and oxygen atoms in total. The maximum atomic E-state index is 11.9. The molecule has 2 aromatic rings. The third kappa shape index (κ3) is 2.56. The lowest BCUT2D eigenvalue weighted by atomic mass is 10.4. The summed E-state index contributed by atoms with van der Waals surface area (Å²) in [5.41, 5.74) is 0.357. The topological polar surface area (TPSA) is 85.1 Å². The van der Waals surface area contributed by atoms with Crippen LogP contribution in [0.25, 0.3) is 0 Å². The molecular weight excluding hydrogens is 266 g/mol. The van der Waals surface area contributed by atoms with E-state index in [0.717, 1.165) is 0 Å². The minimum Gasteiger partial charge on any atom is -0.259 e. The molecule has 0 aliphatic heterocycles. The molecule has 0 spiro atoms. The van der Waals surface area contributed by atoms with E-state index in [1.165, 1.54) is 12.1 Å². The van der Waals surface area contributed by atoms with Gasteiger partial charge in [-0.2, -0.15) is 0 Å². The second-order valence-electron chi connectivity index (χ2n) is 3.26. The number of rotatable bonds is 3. The van der Waals surface area contributed by atoms with Crippen molar-refractivity contribution in [3.63, 3.8) is 0 Å². The molecule has 0 saturated carbocycles. The standard InChI is InChI=1S/C9H8ClN3O3S/c1-6-9(12-16-11-6)13-17(14,15)8-4-2-3-7(10)5-8/h2-5H,1H3,(H,12,13). The molecular formula is C9H8ClN3O3S. The molecule has 90 valence electrons. The van der Waals surface area contributed by atoms with Crippen LogP contribution in [-0.4, -0.2) is 18.7 Å². The summed E-state index contributed by atoms with van der Waals surface area (Å²) in [5, 5.41) is 7.25. The normalized spacial score (nSPS) is 11.4. The second kappa shape index (κ2) is 4.34. The van der Waals surface area contributed by atoms with E-state index in [9.17, 15) is 8.42 Å². The lowest BCUT2D eigenvalue weighted by molar-refractivity contribution is 0.306. The van der Waals surface area contributed by atoms with Crippen LogP contribution in [0.5, 0.6) is 0 Å². The van der Waals surface area contributed by atoms with E-state index in [-0.39, 0.29) is 10.7 Å². The number of benzene rings is 1. The van der Waals surface area contributed by atoms with Gasteiger partial charge in [0, 0.05) is 5.02 Å². The smallest absolute Gasteiger partial charge is 0.259 e. The molecule has 0 bridgehead atoms. The maximum Gasteiger partial charge on any atom is 0.263 e. The van der Waals surface area contributed by atoms with E-state index >= 15 is 0 Å². The van der Waals surface area contributed by atoms with Crippen LogP contribution >= 0.6 is 11.6 Å². The lowest BCUT2D eigenvalue weighted by Crippen LogP contribution is -2.13. The largest absolute Gasteiger partial charge is 0.263 e. The SMILES string of the molecule is Cc1nonc1NS(=O)(=O)c1cccc(Cl)c1. The van der Waals surface area contributed by atoms with Crippen LogP contribution in [0.4, 0.5) is 5.82 Å². The zero-order valence-electron chi connectivity index (χ0n) is 8.71. The van der Waals surface area contributed by atoms with Crippen molar-refractivity contribution < 1.29 is 13.0 Å². The molecule has 0 atom stereocenters. The molecule has 0 amide bonds. The molecule has 1 N–H and O–H groups in total. The van der Waals surface area contributed by atoms with Gasteiger partial charge in [0.15, 0.2) is 0 Å². The summed E-state index contributed by atoms with van der Waals surface area (Å²) in [4.78, 5) is 0.0485.